The van der Waals surface area contributed by atoms with Gasteiger partial charge in [-0.1, -0.05) is 13.3 Å². The van der Waals surface area contributed by atoms with Crippen molar-refractivity contribution >= 4 is 41.3 Å². The highest BCUT2D eigenvalue weighted by molar-refractivity contribution is 14.0. The van der Waals surface area contributed by atoms with Gasteiger partial charge in [0.05, 0.1) is 0 Å². The van der Waals surface area contributed by atoms with Gasteiger partial charge in [-0.05, 0) is 67.6 Å². The van der Waals surface area contributed by atoms with Crippen molar-refractivity contribution in [1.82, 2.24) is 15.1 Å². The molecule has 1 aromatic heterocycles. The van der Waals surface area contributed by atoms with Crippen molar-refractivity contribution in [2.24, 2.45) is 10.9 Å². The molecule has 1 N–H and O–H groups in total. The number of rotatable bonds is 6. The molecule has 0 spiro atoms. The van der Waals surface area contributed by atoms with Crippen LogP contribution in [0.15, 0.2) is 21.8 Å². The minimum absolute atomic E-state index is 0. The van der Waals surface area contributed by atoms with Crippen LogP contribution in [0.3, 0.4) is 0 Å². The third kappa shape index (κ3) is 6.37. The fraction of sp³-hybridized carbons (Fsp3) is 0.750. The minimum atomic E-state index is 0. The highest BCUT2D eigenvalue weighted by Gasteiger charge is 2.27. The van der Waals surface area contributed by atoms with Crippen molar-refractivity contribution in [2.45, 2.75) is 45.4 Å². The number of likely N-dealkylation sites (tertiary alicyclic amines) is 2. The van der Waals surface area contributed by atoms with Gasteiger partial charge in [-0.25, -0.2) is 0 Å². The SMILES string of the molecule is CCNC(=NCC(C)c1ccsc1)N1CCC(CN2CCCCC2)C1.I. The van der Waals surface area contributed by atoms with E-state index in [1.807, 2.05) is 0 Å². The lowest BCUT2D eigenvalue weighted by atomic mass is 10.1. The third-order valence-electron chi connectivity index (χ3n) is 5.51. The van der Waals surface area contributed by atoms with Gasteiger partial charge in [-0.2, -0.15) is 11.3 Å². The van der Waals surface area contributed by atoms with Crippen molar-refractivity contribution in [1.29, 1.82) is 0 Å². The number of hydrogen-bond acceptors (Lipinski definition) is 3. The molecular weight excluding hydrogens is 455 g/mol. The summed E-state index contributed by atoms with van der Waals surface area (Å²) in [5, 5.41) is 7.92. The van der Waals surface area contributed by atoms with Crippen molar-refractivity contribution in [3.05, 3.63) is 22.4 Å². The summed E-state index contributed by atoms with van der Waals surface area (Å²) >= 11 is 1.78. The van der Waals surface area contributed by atoms with E-state index in [0.717, 1.165) is 38.1 Å². The van der Waals surface area contributed by atoms with Gasteiger partial charge in [0.2, 0.25) is 0 Å². The Labute approximate surface area is 180 Å². The van der Waals surface area contributed by atoms with E-state index in [4.69, 9.17) is 4.99 Å². The fourth-order valence-corrected chi connectivity index (χ4v) is 4.77. The van der Waals surface area contributed by atoms with Crippen molar-refractivity contribution in [3.63, 3.8) is 0 Å². The zero-order valence-corrected chi connectivity index (χ0v) is 19.5. The van der Waals surface area contributed by atoms with E-state index in [2.05, 4.69) is 45.8 Å². The van der Waals surface area contributed by atoms with Gasteiger partial charge in [0, 0.05) is 38.6 Å². The summed E-state index contributed by atoms with van der Waals surface area (Å²) in [5.41, 5.74) is 1.41. The first-order chi connectivity index (χ1) is 12.3. The van der Waals surface area contributed by atoms with Gasteiger partial charge in [0.25, 0.3) is 0 Å². The molecule has 3 rings (SSSR count). The van der Waals surface area contributed by atoms with Crippen molar-refractivity contribution in [2.75, 3.05) is 45.8 Å². The summed E-state index contributed by atoms with van der Waals surface area (Å²) in [5.74, 6) is 2.41. The second-order valence-corrected chi connectivity index (χ2v) is 8.39. The lowest BCUT2D eigenvalue weighted by Gasteiger charge is -2.29. The summed E-state index contributed by atoms with van der Waals surface area (Å²) in [6, 6.07) is 2.22. The van der Waals surface area contributed by atoms with Gasteiger partial charge in [-0.3, -0.25) is 4.99 Å². The molecule has 6 heteroatoms. The quantitative estimate of drug-likeness (QED) is 0.368. The number of thiophene rings is 1. The maximum atomic E-state index is 4.96. The van der Waals surface area contributed by atoms with Crippen LogP contribution in [0, 0.1) is 5.92 Å². The van der Waals surface area contributed by atoms with Gasteiger partial charge in [0.15, 0.2) is 5.96 Å². The van der Waals surface area contributed by atoms with E-state index in [1.165, 1.54) is 50.9 Å². The molecule has 2 unspecified atom stereocenters. The summed E-state index contributed by atoms with van der Waals surface area (Å²) in [4.78, 5) is 10.1. The van der Waals surface area contributed by atoms with E-state index >= 15 is 0 Å². The highest BCUT2D eigenvalue weighted by Crippen LogP contribution is 2.21. The maximum Gasteiger partial charge on any atom is 0.193 e. The number of piperidine rings is 1. The minimum Gasteiger partial charge on any atom is -0.357 e. The van der Waals surface area contributed by atoms with Gasteiger partial charge < -0.3 is 15.1 Å². The summed E-state index contributed by atoms with van der Waals surface area (Å²) in [6.07, 6.45) is 5.51. The van der Waals surface area contributed by atoms with Gasteiger partial charge in [-0.15, -0.1) is 24.0 Å². The Morgan fingerprint density at radius 2 is 2.12 bits per heavy atom. The van der Waals surface area contributed by atoms with Crippen LogP contribution in [0.1, 0.15) is 51.0 Å². The van der Waals surface area contributed by atoms with E-state index in [0.29, 0.717) is 5.92 Å². The highest BCUT2D eigenvalue weighted by atomic mass is 127. The average Bonchev–Trinajstić information content (AvgIpc) is 3.31. The second kappa shape index (κ2) is 11.5. The molecule has 2 fully saturated rings. The normalized spacial score (nSPS) is 22.9. The average molecular weight is 490 g/mol. The Morgan fingerprint density at radius 3 is 2.81 bits per heavy atom. The molecule has 148 valence electrons. The molecule has 2 atom stereocenters. The Kier molecular flexibility index (Phi) is 9.70. The van der Waals surface area contributed by atoms with E-state index in [1.54, 1.807) is 11.3 Å². The molecule has 26 heavy (non-hydrogen) atoms. The standard InChI is InChI=1S/C20H34N4S.HI/c1-3-21-20(22-13-17(2)19-8-12-25-16-19)24-11-7-18(15-24)14-23-9-5-4-6-10-23;/h8,12,16-18H,3-7,9-11,13-15H2,1-2H3,(H,21,22);1H. The molecule has 0 aliphatic carbocycles. The zero-order chi connectivity index (χ0) is 17.5. The topological polar surface area (TPSA) is 30.9 Å². The largest absolute Gasteiger partial charge is 0.357 e. The first-order valence-corrected chi connectivity index (χ1v) is 11.0. The predicted octanol–water partition coefficient (Wildman–Crippen LogP) is 4.24. The second-order valence-electron chi connectivity index (χ2n) is 7.61. The Balaban J connectivity index is 0.00000243. The van der Waals surface area contributed by atoms with Crippen LogP contribution in [0.25, 0.3) is 0 Å². The van der Waals surface area contributed by atoms with Crippen LogP contribution in [0.5, 0.6) is 0 Å². The Hall–Kier alpha value is -0.340. The van der Waals surface area contributed by atoms with E-state index in [-0.39, 0.29) is 24.0 Å². The summed E-state index contributed by atoms with van der Waals surface area (Å²) in [6.45, 7) is 12.5. The molecule has 2 aliphatic heterocycles. The summed E-state index contributed by atoms with van der Waals surface area (Å²) < 4.78 is 0. The first kappa shape index (κ1) is 22.0. The summed E-state index contributed by atoms with van der Waals surface area (Å²) in [7, 11) is 0. The molecule has 0 amide bonds. The number of hydrogen-bond donors (Lipinski definition) is 1. The molecule has 2 saturated heterocycles. The predicted molar refractivity (Wildman–Crippen MR) is 124 cm³/mol. The van der Waals surface area contributed by atoms with Crippen LogP contribution in [0.2, 0.25) is 0 Å². The van der Waals surface area contributed by atoms with Crippen LogP contribution in [-0.4, -0.2) is 61.6 Å². The number of aliphatic imine (C=N–C) groups is 1. The van der Waals surface area contributed by atoms with Gasteiger partial charge in [0.1, 0.15) is 0 Å². The van der Waals surface area contributed by atoms with E-state index in [9.17, 15) is 0 Å². The molecule has 1 aromatic rings. The smallest absolute Gasteiger partial charge is 0.193 e. The number of nitrogens with zero attached hydrogens (tertiary/aromatic N) is 3. The van der Waals surface area contributed by atoms with Crippen molar-refractivity contribution < 1.29 is 0 Å². The lowest BCUT2D eigenvalue weighted by molar-refractivity contribution is 0.198. The zero-order valence-electron chi connectivity index (χ0n) is 16.3. The molecule has 4 nitrogen and oxygen atoms in total. The van der Waals surface area contributed by atoms with Crippen LogP contribution in [0.4, 0.5) is 0 Å². The molecular formula is C20H35IN4S. The molecule has 3 heterocycles. The van der Waals surface area contributed by atoms with Crippen molar-refractivity contribution in [3.8, 4) is 0 Å². The van der Waals surface area contributed by atoms with Crippen LogP contribution in [-0.2, 0) is 0 Å². The van der Waals surface area contributed by atoms with Gasteiger partial charge >= 0.3 is 0 Å². The third-order valence-corrected chi connectivity index (χ3v) is 6.21. The molecule has 2 aliphatic rings. The number of guanidine groups is 1. The lowest BCUT2D eigenvalue weighted by Crippen LogP contribution is -2.41. The molecule has 0 saturated carbocycles. The first-order valence-electron chi connectivity index (χ1n) is 10.0. The Bertz CT molecular complexity index is 528. The molecule has 0 aromatic carbocycles. The van der Waals surface area contributed by atoms with E-state index < -0.39 is 0 Å². The van der Waals surface area contributed by atoms with Crippen LogP contribution >= 0.6 is 35.3 Å². The monoisotopic (exact) mass is 490 g/mol. The number of nitrogens with one attached hydrogen (secondary N) is 1. The van der Waals surface area contributed by atoms with Crippen LogP contribution < -0.4 is 5.32 Å². The molecule has 0 bridgehead atoms. The fourth-order valence-electron chi connectivity index (χ4n) is 3.99. The number of halogens is 1. The maximum absolute atomic E-state index is 4.96. The Morgan fingerprint density at radius 1 is 1.31 bits per heavy atom. The molecule has 0 radical (unpaired) electrons.